The highest BCUT2D eigenvalue weighted by molar-refractivity contribution is 5.92. The fraction of sp³-hybridized carbons (Fsp3) is 0.0500. The zero-order chi connectivity index (χ0) is 16.9. The summed E-state index contributed by atoms with van der Waals surface area (Å²) < 4.78 is 14.4. The molecule has 3 rings (SSSR count). The number of carbonyl (C=O) groups is 1. The minimum atomic E-state index is -1.07. The number of halogens is 1. The van der Waals surface area contributed by atoms with Crippen molar-refractivity contribution in [2.24, 2.45) is 0 Å². The number of nitrogens with one attached hydrogen (secondary N) is 1. The molecule has 0 saturated heterocycles. The van der Waals surface area contributed by atoms with E-state index in [-0.39, 0.29) is 11.3 Å². The van der Waals surface area contributed by atoms with Gasteiger partial charge in [0.15, 0.2) is 0 Å². The molecule has 0 radical (unpaired) electrons. The maximum absolute atomic E-state index is 14.4. The Hall–Kier alpha value is -3.14. The smallest absolute Gasteiger partial charge is 0.336 e. The maximum Gasteiger partial charge on any atom is 0.336 e. The summed E-state index contributed by atoms with van der Waals surface area (Å²) in [6, 6.07) is 21.0. The molecule has 0 spiro atoms. The fourth-order valence-electron chi connectivity index (χ4n) is 2.60. The molecule has 0 fully saturated rings. The SMILES string of the molecule is O=C(O)c1ccc(F)c(Nc2ccccc2)c1Cc1ccccc1. The quantitative estimate of drug-likeness (QED) is 0.705. The van der Waals surface area contributed by atoms with Gasteiger partial charge in [-0.3, -0.25) is 0 Å². The van der Waals surface area contributed by atoms with Gasteiger partial charge in [0, 0.05) is 12.1 Å². The van der Waals surface area contributed by atoms with Crippen LogP contribution < -0.4 is 5.32 Å². The number of hydrogen-bond acceptors (Lipinski definition) is 2. The van der Waals surface area contributed by atoms with E-state index >= 15 is 0 Å². The third kappa shape index (κ3) is 3.43. The van der Waals surface area contributed by atoms with Crippen LogP contribution in [-0.2, 0) is 6.42 Å². The summed E-state index contributed by atoms with van der Waals surface area (Å²) in [4.78, 5) is 11.6. The first-order valence-electron chi connectivity index (χ1n) is 7.56. The lowest BCUT2D eigenvalue weighted by Crippen LogP contribution is -2.08. The van der Waals surface area contributed by atoms with E-state index in [4.69, 9.17) is 0 Å². The van der Waals surface area contributed by atoms with Gasteiger partial charge in [0.25, 0.3) is 0 Å². The van der Waals surface area contributed by atoms with Gasteiger partial charge < -0.3 is 10.4 Å². The van der Waals surface area contributed by atoms with Crippen molar-refractivity contribution in [2.45, 2.75) is 6.42 Å². The highest BCUT2D eigenvalue weighted by Crippen LogP contribution is 2.29. The Balaban J connectivity index is 2.08. The predicted molar refractivity (Wildman–Crippen MR) is 92.3 cm³/mol. The second-order valence-electron chi connectivity index (χ2n) is 5.41. The molecule has 3 aromatic rings. The van der Waals surface area contributed by atoms with Crippen LogP contribution in [0.3, 0.4) is 0 Å². The maximum atomic E-state index is 14.4. The molecule has 0 unspecified atom stereocenters. The average molecular weight is 321 g/mol. The Morgan fingerprint density at radius 3 is 2.17 bits per heavy atom. The first-order chi connectivity index (χ1) is 11.6. The summed E-state index contributed by atoms with van der Waals surface area (Å²) >= 11 is 0. The second-order valence-corrected chi connectivity index (χ2v) is 5.41. The number of carboxylic acid groups (broad SMARTS) is 1. The molecule has 0 aliphatic heterocycles. The number of hydrogen-bond donors (Lipinski definition) is 2. The molecular weight excluding hydrogens is 305 g/mol. The largest absolute Gasteiger partial charge is 0.478 e. The van der Waals surface area contributed by atoms with Gasteiger partial charge in [-0.1, -0.05) is 48.5 Å². The van der Waals surface area contributed by atoms with Crippen LogP contribution in [-0.4, -0.2) is 11.1 Å². The van der Waals surface area contributed by atoms with Crippen molar-refractivity contribution in [1.82, 2.24) is 0 Å². The van der Waals surface area contributed by atoms with Crippen LogP contribution in [0.25, 0.3) is 0 Å². The van der Waals surface area contributed by atoms with Crippen LogP contribution in [0.4, 0.5) is 15.8 Å². The predicted octanol–water partition coefficient (Wildman–Crippen LogP) is 4.86. The third-order valence-corrected chi connectivity index (χ3v) is 3.76. The van der Waals surface area contributed by atoms with Gasteiger partial charge in [0.05, 0.1) is 11.3 Å². The van der Waals surface area contributed by atoms with E-state index in [2.05, 4.69) is 5.32 Å². The normalized spacial score (nSPS) is 10.4. The molecule has 0 saturated carbocycles. The highest BCUT2D eigenvalue weighted by atomic mass is 19.1. The molecule has 0 aliphatic rings. The number of rotatable bonds is 5. The summed E-state index contributed by atoms with van der Waals surface area (Å²) in [6.07, 6.45) is 0.329. The highest BCUT2D eigenvalue weighted by Gasteiger charge is 2.18. The summed E-state index contributed by atoms with van der Waals surface area (Å²) in [5.41, 5.74) is 2.34. The molecule has 24 heavy (non-hydrogen) atoms. The summed E-state index contributed by atoms with van der Waals surface area (Å²) in [5.74, 6) is -1.55. The fourth-order valence-corrected chi connectivity index (χ4v) is 2.60. The van der Waals surface area contributed by atoms with Crippen LogP contribution in [0.5, 0.6) is 0 Å². The van der Waals surface area contributed by atoms with Crippen molar-refractivity contribution < 1.29 is 14.3 Å². The van der Waals surface area contributed by atoms with Crippen molar-refractivity contribution in [2.75, 3.05) is 5.32 Å². The monoisotopic (exact) mass is 321 g/mol. The van der Waals surface area contributed by atoms with E-state index in [0.717, 1.165) is 5.56 Å². The Morgan fingerprint density at radius 1 is 0.917 bits per heavy atom. The van der Waals surface area contributed by atoms with Crippen LogP contribution in [0.15, 0.2) is 72.8 Å². The first kappa shape index (κ1) is 15.7. The molecule has 0 heterocycles. The number of benzene rings is 3. The van der Waals surface area contributed by atoms with Gasteiger partial charge >= 0.3 is 5.97 Å². The standard InChI is InChI=1S/C20H16FNO2/c21-18-12-11-16(20(23)24)17(13-14-7-3-1-4-8-14)19(18)22-15-9-5-2-6-10-15/h1-12,22H,13H2,(H,23,24). The minimum absolute atomic E-state index is 0.0960. The summed E-state index contributed by atoms with van der Waals surface area (Å²) in [7, 11) is 0. The van der Waals surface area contributed by atoms with Crippen LogP contribution >= 0.6 is 0 Å². The van der Waals surface area contributed by atoms with Crippen LogP contribution in [0, 0.1) is 5.82 Å². The number of aromatic carboxylic acids is 1. The third-order valence-electron chi connectivity index (χ3n) is 3.76. The molecule has 3 aromatic carbocycles. The van der Waals surface area contributed by atoms with Crippen LogP contribution in [0.2, 0.25) is 0 Å². The number of para-hydroxylation sites is 1. The van der Waals surface area contributed by atoms with Gasteiger partial charge in [-0.15, -0.1) is 0 Å². The average Bonchev–Trinajstić information content (AvgIpc) is 2.59. The first-order valence-corrected chi connectivity index (χ1v) is 7.56. The molecule has 0 aliphatic carbocycles. The molecule has 0 bridgehead atoms. The van der Waals surface area contributed by atoms with E-state index in [1.54, 1.807) is 12.1 Å². The van der Waals surface area contributed by atoms with E-state index in [9.17, 15) is 14.3 Å². The lowest BCUT2D eigenvalue weighted by molar-refractivity contribution is 0.0696. The zero-order valence-electron chi connectivity index (χ0n) is 12.9. The molecule has 4 heteroatoms. The topological polar surface area (TPSA) is 49.3 Å². The van der Waals surface area contributed by atoms with Crippen molar-refractivity contribution in [3.8, 4) is 0 Å². The van der Waals surface area contributed by atoms with E-state index in [1.165, 1.54) is 12.1 Å². The number of anilines is 2. The van der Waals surface area contributed by atoms with Crippen molar-refractivity contribution in [3.05, 3.63) is 95.3 Å². The van der Waals surface area contributed by atoms with Gasteiger partial charge in [0.2, 0.25) is 0 Å². The summed E-state index contributed by atoms with van der Waals surface area (Å²) in [6.45, 7) is 0. The molecular formula is C20H16FNO2. The van der Waals surface area contributed by atoms with E-state index in [0.29, 0.717) is 17.7 Å². The van der Waals surface area contributed by atoms with Crippen molar-refractivity contribution in [3.63, 3.8) is 0 Å². The molecule has 0 amide bonds. The van der Waals surface area contributed by atoms with Crippen molar-refractivity contribution >= 4 is 17.3 Å². The lowest BCUT2D eigenvalue weighted by Gasteiger charge is -2.16. The molecule has 120 valence electrons. The van der Waals surface area contributed by atoms with Crippen LogP contribution in [0.1, 0.15) is 21.5 Å². The zero-order valence-corrected chi connectivity index (χ0v) is 12.9. The van der Waals surface area contributed by atoms with Crippen molar-refractivity contribution in [1.29, 1.82) is 0 Å². The van der Waals surface area contributed by atoms with Gasteiger partial charge in [-0.25, -0.2) is 9.18 Å². The Morgan fingerprint density at radius 2 is 1.54 bits per heavy atom. The van der Waals surface area contributed by atoms with Gasteiger partial charge in [0.1, 0.15) is 5.82 Å². The van der Waals surface area contributed by atoms with Gasteiger partial charge in [-0.05, 0) is 35.4 Å². The second kappa shape index (κ2) is 6.96. The number of carboxylic acids is 1. The summed E-state index contributed by atoms with van der Waals surface area (Å²) in [5, 5.41) is 12.5. The molecule has 2 N–H and O–H groups in total. The minimum Gasteiger partial charge on any atom is -0.478 e. The molecule has 0 aromatic heterocycles. The molecule has 0 atom stereocenters. The lowest BCUT2D eigenvalue weighted by atomic mass is 9.97. The van der Waals surface area contributed by atoms with Gasteiger partial charge in [-0.2, -0.15) is 0 Å². The Kier molecular flexibility index (Phi) is 4.57. The Labute approximate surface area is 139 Å². The van der Waals surface area contributed by atoms with E-state index < -0.39 is 11.8 Å². The molecule has 3 nitrogen and oxygen atoms in total. The van der Waals surface area contributed by atoms with E-state index in [1.807, 2.05) is 48.5 Å². The Bertz CT molecular complexity index is 848.